The summed E-state index contributed by atoms with van der Waals surface area (Å²) in [6.07, 6.45) is 1.47. The van der Waals surface area contributed by atoms with E-state index in [2.05, 4.69) is 11.6 Å². The van der Waals surface area contributed by atoms with Crippen LogP contribution in [0.4, 0.5) is 5.69 Å². The minimum Gasteiger partial charge on any atom is -0.481 e. The minimum atomic E-state index is -0.978. The fourth-order valence-electron chi connectivity index (χ4n) is 1.16. The van der Waals surface area contributed by atoms with Gasteiger partial charge in [0.25, 0.3) is 0 Å². The third kappa shape index (κ3) is 2.70. The summed E-state index contributed by atoms with van der Waals surface area (Å²) in [5.74, 6) is -0.625. The van der Waals surface area contributed by atoms with Crippen LogP contribution in [0.1, 0.15) is 15.9 Å². The van der Waals surface area contributed by atoms with Crippen molar-refractivity contribution in [3.63, 3.8) is 0 Å². The van der Waals surface area contributed by atoms with Crippen molar-refractivity contribution in [3.8, 4) is 0 Å². The Balaban J connectivity index is 3.21. The number of hydrogen-bond donors (Lipinski definition) is 1. The molecule has 0 saturated heterocycles. The van der Waals surface area contributed by atoms with Gasteiger partial charge in [0, 0.05) is 0 Å². The number of carbonyl (C=O) groups is 1. The van der Waals surface area contributed by atoms with Gasteiger partial charge in [-0.1, -0.05) is 12.6 Å². The highest BCUT2D eigenvalue weighted by Crippen LogP contribution is 2.20. The molecule has 4 nitrogen and oxygen atoms in total. The van der Waals surface area contributed by atoms with Crippen LogP contribution >= 0.6 is 0 Å². The van der Waals surface area contributed by atoms with E-state index in [1.54, 1.807) is 6.07 Å². The number of nitrogens with zero attached hydrogens (tertiary/aromatic N) is 1. The summed E-state index contributed by atoms with van der Waals surface area (Å²) in [6, 6.07) is 4.75. The van der Waals surface area contributed by atoms with E-state index in [1.807, 2.05) is 6.92 Å². The van der Waals surface area contributed by atoms with Crippen LogP contribution in [0.5, 0.6) is 0 Å². The van der Waals surface area contributed by atoms with Gasteiger partial charge in [-0.2, -0.15) is 0 Å². The SMILES string of the molecule is C=CC(=Nc1cc(C(=O)O)ccc1C)OC. The Morgan fingerprint density at radius 3 is 2.75 bits per heavy atom. The Kier molecular flexibility index (Phi) is 3.83. The molecular weight excluding hydrogens is 206 g/mol. The summed E-state index contributed by atoms with van der Waals surface area (Å²) in [5.41, 5.74) is 1.64. The highest BCUT2D eigenvalue weighted by Gasteiger charge is 2.06. The number of methoxy groups -OCH3 is 1. The van der Waals surface area contributed by atoms with Gasteiger partial charge in [-0.25, -0.2) is 9.79 Å². The van der Waals surface area contributed by atoms with Gasteiger partial charge in [-0.05, 0) is 30.7 Å². The van der Waals surface area contributed by atoms with E-state index < -0.39 is 5.97 Å². The Morgan fingerprint density at radius 1 is 1.56 bits per heavy atom. The smallest absolute Gasteiger partial charge is 0.335 e. The van der Waals surface area contributed by atoms with Gasteiger partial charge in [0.15, 0.2) is 0 Å². The zero-order chi connectivity index (χ0) is 12.1. The molecule has 1 rings (SSSR count). The molecule has 4 heteroatoms. The third-order valence-corrected chi connectivity index (χ3v) is 2.07. The summed E-state index contributed by atoms with van der Waals surface area (Å²) in [6.45, 7) is 5.39. The molecule has 0 heterocycles. The standard InChI is InChI=1S/C12H13NO3/c1-4-11(16-3)13-10-7-9(12(14)15)6-5-8(10)2/h4-7H,1H2,2-3H3,(H,14,15). The molecule has 1 N–H and O–H groups in total. The van der Waals surface area contributed by atoms with Crippen molar-refractivity contribution in [2.45, 2.75) is 6.92 Å². The van der Waals surface area contributed by atoms with Crippen LogP contribution in [-0.4, -0.2) is 24.1 Å². The second-order valence-corrected chi connectivity index (χ2v) is 3.16. The van der Waals surface area contributed by atoms with Gasteiger partial charge in [0.1, 0.15) is 0 Å². The number of hydrogen-bond acceptors (Lipinski definition) is 3. The van der Waals surface area contributed by atoms with E-state index in [0.717, 1.165) is 5.56 Å². The molecule has 0 spiro atoms. The van der Waals surface area contributed by atoms with Crippen molar-refractivity contribution >= 4 is 17.6 Å². The maximum atomic E-state index is 10.8. The maximum absolute atomic E-state index is 10.8. The molecular formula is C12H13NO3. The molecule has 0 unspecified atom stereocenters. The molecule has 1 aromatic carbocycles. The maximum Gasteiger partial charge on any atom is 0.335 e. The summed E-state index contributed by atoms with van der Waals surface area (Å²) in [4.78, 5) is 14.9. The molecule has 1 aromatic rings. The predicted molar refractivity (Wildman–Crippen MR) is 62.4 cm³/mol. The van der Waals surface area contributed by atoms with Gasteiger partial charge < -0.3 is 9.84 Å². The van der Waals surface area contributed by atoms with E-state index in [1.165, 1.54) is 25.3 Å². The molecule has 0 aliphatic carbocycles. The first-order valence-electron chi connectivity index (χ1n) is 4.67. The zero-order valence-electron chi connectivity index (χ0n) is 9.23. The normalized spacial score (nSPS) is 11.0. The second-order valence-electron chi connectivity index (χ2n) is 3.16. The van der Waals surface area contributed by atoms with Gasteiger partial charge in [-0.3, -0.25) is 0 Å². The molecule has 0 fully saturated rings. The van der Waals surface area contributed by atoms with Crippen molar-refractivity contribution in [1.29, 1.82) is 0 Å². The summed E-state index contributed by atoms with van der Waals surface area (Å²) in [5, 5.41) is 8.85. The average Bonchev–Trinajstić information content (AvgIpc) is 2.27. The summed E-state index contributed by atoms with van der Waals surface area (Å²) in [7, 11) is 1.48. The van der Waals surface area contributed by atoms with Gasteiger partial charge in [-0.15, -0.1) is 0 Å². The number of benzene rings is 1. The van der Waals surface area contributed by atoms with Crippen molar-refractivity contribution in [1.82, 2.24) is 0 Å². The number of rotatable bonds is 3. The van der Waals surface area contributed by atoms with Gasteiger partial charge in [0.05, 0.1) is 18.4 Å². The van der Waals surface area contributed by atoms with Crippen LogP contribution < -0.4 is 0 Å². The Morgan fingerprint density at radius 2 is 2.25 bits per heavy atom. The molecule has 16 heavy (non-hydrogen) atoms. The third-order valence-electron chi connectivity index (χ3n) is 2.07. The largest absolute Gasteiger partial charge is 0.481 e. The van der Waals surface area contributed by atoms with Crippen molar-refractivity contribution in [2.75, 3.05) is 7.11 Å². The first-order chi connectivity index (χ1) is 7.58. The van der Waals surface area contributed by atoms with Gasteiger partial charge >= 0.3 is 5.97 Å². The van der Waals surface area contributed by atoms with Crippen molar-refractivity contribution < 1.29 is 14.6 Å². The molecule has 0 amide bonds. The topological polar surface area (TPSA) is 58.9 Å². The minimum absolute atomic E-state index is 0.198. The lowest BCUT2D eigenvalue weighted by atomic mass is 10.1. The second kappa shape index (κ2) is 5.11. The summed E-state index contributed by atoms with van der Waals surface area (Å²) >= 11 is 0. The number of carboxylic acids is 1. The van der Waals surface area contributed by atoms with Crippen molar-refractivity contribution in [2.24, 2.45) is 4.99 Å². The fraction of sp³-hybridized carbons (Fsp3) is 0.167. The highest BCUT2D eigenvalue weighted by atomic mass is 16.5. The van der Waals surface area contributed by atoms with Crippen molar-refractivity contribution in [3.05, 3.63) is 42.0 Å². The van der Waals surface area contributed by atoms with Crippen LogP contribution in [0, 0.1) is 6.92 Å². The molecule has 84 valence electrons. The number of aryl methyl sites for hydroxylation is 1. The first kappa shape index (κ1) is 12.0. The number of carboxylic acid groups (broad SMARTS) is 1. The average molecular weight is 219 g/mol. The number of aliphatic imine (C=N–C) groups is 1. The zero-order valence-corrected chi connectivity index (χ0v) is 9.23. The molecule has 0 atom stereocenters. The Labute approximate surface area is 93.9 Å². The summed E-state index contributed by atoms with van der Waals surface area (Å²) < 4.78 is 4.94. The lowest BCUT2D eigenvalue weighted by molar-refractivity contribution is 0.0697. The molecule has 0 radical (unpaired) electrons. The van der Waals surface area contributed by atoms with E-state index in [0.29, 0.717) is 11.6 Å². The van der Waals surface area contributed by atoms with E-state index >= 15 is 0 Å². The van der Waals surface area contributed by atoms with Crippen LogP contribution in [0.2, 0.25) is 0 Å². The quantitative estimate of drug-likeness (QED) is 0.627. The number of aromatic carboxylic acids is 1. The van der Waals surface area contributed by atoms with Crippen LogP contribution in [-0.2, 0) is 4.74 Å². The first-order valence-corrected chi connectivity index (χ1v) is 4.67. The van der Waals surface area contributed by atoms with Gasteiger partial charge in [0.2, 0.25) is 5.90 Å². The van der Waals surface area contributed by atoms with Crippen LogP contribution in [0.25, 0.3) is 0 Å². The van der Waals surface area contributed by atoms with E-state index in [9.17, 15) is 4.79 Å². The Hall–Kier alpha value is -2.10. The van der Waals surface area contributed by atoms with E-state index in [-0.39, 0.29) is 5.56 Å². The molecule has 0 saturated carbocycles. The molecule has 0 aromatic heterocycles. The fourth-order valence-corrected chi connectivity index (χ4v) is 1.16. The van der Waals surface area contributed by atoms with E-state index in [4.69, 9.17) is 9.84 Å². The van der Waals surface area contributed by atoms with Crippen LogP contribution in [0.15, 0.2) is 35.8 Å². The Bertz CT molecular complexity index is 450. The van der Waals surface area contributed by atoms with Crippen LogP contribution in [0.3, 0.4) is 0 Å². The predicted octanol–water partition coefficient (Wildman–Crippen LogP) is 2.56. The monoisotopic (exact) mass is 219 g/mol. The molecule has 0 aliphatic rings. The molecule has 0 bridgehead atoms. The lowest BCUT2D eigenvalue weighted by Gasteiger charge is -2.04. The number of ether oxygens (including phenoxy) is 1. The molecule has 0 aliphatic heterocycles. The highest BCUT2D eigenvalue weighted by molar-refractivity contribution is 5.92. The lowest BCUT2D eigenvalue weighted by Crippen LogP contribution is -1.98.